The third kappa shape index (κ3) is 5.28. The number of thiocarbonyl (C=S) groups is 1. The Balaban J connectivity index is 1.83. The Morgan fingerprint density at radius 3 is 2.67 bits per heavy atom. The number of nitriles is 1. The predicted octanol–water partition coefficient (Wildman–Crippen LogP) is 5.47. The van der Waals surface area contributed by atoms with Crippen molar-refractivity contribution in [2.24, 2.45) is 5.92 Å². The molecule has 0 saturated carbocycles. The summed E-state index contributed by atoms with van der Waals surface area (Å²) in [6.07, 6.45) is 5.82. The maximum atomic E-state index is 13.5. The van der Waals surface area contributed by atoms with Crippen LogP contribution >= 0.6 is 24.0 Å². The molecule has 1 unspecified atom stereocenters. The van der Waals surface area contributed by atoms with E-state index in [1.807, 2.05) is 43.3 Å². The number of hydrogen-bond acceptors (Lipinski definition) is 6. The lowest BCUT2D eigenvalue weighted by molar-refractivity contribution is -0.122. The van der Waals surface area contributed by atoms with E-state index in [4.69, 9.17) is 12.2 Å². The van der Waals surface area contributed by atoms with Gasteiger partial charge in [0.05, 0.1) is 11.4 Å². The van der Waals surface area contributed by atoms with Gasteiger partial charge in [-0.2, -0.15) is 5.26 Å². The molecule has 188 valence electrons. The van der Waals surface area contributed by atoms with Gasteiger partial charge in [-0.15, -0.1) is 0 Å². The van der Waals surface area contributed by atoms with Crippen LogP contribution in [-0.2, 0) is 17.9 Å². The van der Waals surface area contributed by atoms with Crippen LogP contribution in [0.15, 0.2) is 40.0 Å². The number of anilines is 1. The molecule has 2 aliphatic heterocycles. The lowest BCUT2D eigenvalue weighted by Crippen LogP contribution is -2.40. The van der Waals surface area contributed by atoms with Crippen molar-refractivity contribution in [3.8, 4) is 6.07 Å². The van der Waals surface area contributed by atoms with Crippen molar-refractivity contribution >= 4 is 46.1 Å². The second-order valence-corrected chi connectivity index (χ2v) is 11.3. The van der Waals surface area contributed by atoms with E-state index in [2.05, 4.69) is 24.8 Å². The summed E-state index contributed by atoms with van der Waals surface area (Å²) < 4.78 is 2.28. The molecule has 8 heteroatoms. The predicted molar refractivity (Wildman–Crippen MR) is 151 cm³/mol. The normalized spacial score (nSPS) is 19.3. The number of hydrogen-bond donors (Lipinski definition) is 0. The van der Waals surface area contributed by atoms with E-state index in [-0.39, 0.29) is 17.0 Å². The molecule has 2 fully saturated rings. The van der Waals surface area contributed by atoms with Gasteiger partial charge in [-0.05, 0) is 49.3 Å². The number of thioether (sulfide) groups is 1. The summed E-state index contributed by atoms with van der Waals surface area (Å²) in [5.74, 6) is 1.18. The van der Waals surface area contributed by atoms with Crippen LogP contribution in [0.1, 0.15) is 61.8 Å². The minimum absolute atomic E-state index is 0.143. The van der Waals surface area contributed by atoms with Gasteiger partial charge < -0.3 is 4.90 Å². The second kappa shape index (κ2) is 11.4. The van der Waals surface area contributed by atoms with Crippen molar-refractivity contribution in [3.05, 3.63) is 67.8 Å². The summed E-state index contributed by atoms with van der Waals surface area (Å²) in [7, 11) is 0. The molecule has 1 atom stereocenters. The fourth-order valence-corrected chi connectivity index (χ4v) is 6.16. The average Bonchev–Trinajstić information content (AvgIpc) is 3.13. The largest absolute Gasteiger partial charge is 0.357 e. The van der Waals surface area contributed by atoms with Crippen LogP contribution in [-0.4, -0.2) is 32.8 Å². The minimum Gasteiger partial charge on any atom is -0.357 e. The number of aromatic nitrogens is 1. The van der Waals surface area contributed by atoms with Crippen LogP contribution in [0.3, 0.4) is 0 Å². The third-order valence-electron chi connectivity index (χ3n) is 6.87. The van der Waals surface area contributed by atoms with Crippen LogP contribution in [0, 0.1) is 24.2 Å². The molecular weight excluding hydrogens is 488 g/mol. The number of amides is 1. The Morgan fingerprint density at radius 1 is 1.25 bits per heavy atom. The van der Waals surface area contributed by atoms with Gasteiger partial charge in [0.1, 0.15) is 21.8 Å². The first-order valence-corrected chi connectivity index (χ1v) is 13.8. The van der Waals surface area contributed by atoms with Gasteiger partial charge >= 0.3 is 0 Å². The minimum atomic E-state index is -0.245. The Bertz CT molecular complexity index is 1290. The smallest absolute Gasteiger partial charge is 0.270 e. The fraction of sp³-hybridized carbons (Fsp3) is 0.429. The van der Waals surface area contributed by atoms with Crippen molar-refractivity contribution in [1.82, 2.24) is 9.47 Å². The summed E-state index contributed by atoms with van der Waals surface area (Å²) in [6.45, 7) is 8.77. The van der Waals surface area contributed by atoms with Crippen LogP contribution in [0.2, 0.25) is 0 Å². The topological polar surface area (TPSA) is 69.3 Å². The third-order valence-corrected chi connectivity index (χ3v) is 8.25. The van der Waals surface area contributed by atoms with Crippen LogP contribution in [0.4, 0.5) is 5.82 Å². The highest BCUT2D eigenvalue weighted by Crippen LogP contribution is 2.37. The lowest BCUT2D eigenvalue weighted by atomic mass is 9.98. The number of carbonyl (C=O) groups is 1. The summed E-state index contributed by atoms with van der Waals surface area (Å²) in [6, 6.07) is 11.9. The van der Waals surface area contributed by atoms with E-state index in [1.165, 1.54) is 11.8 Å². The first kappa shape index (κ1) is 26.2. The maximum absolute atomic E-state index is 13.5. The molecule has 6 nitrogen and oxygen atoms in total. The fourth-order valence-electron chi connectivity index (χ4n) is 4.92. The highest BCUT2D eigenvalue weighted by molar-refractivity contribution is 8.26. The Morgan fingerprint density at radius 2 is 2.00 bits per heavy atom. The molecule has 0 spiro atoms. The lowest BCUT2D eigenvalue weighted by Gasteiger charge is -2.36. The van der Waals surface area contributed by atoms with Gasteiger partial charge in [0.15, 0.2) is 0 Å². The van der Waals surface area contributed by atoms with E-state index in [0.717, 1.165) is 55.7 Å². The van der Waals surface area contributed by atoms with Crippen molar-refractivity contribution < 1.29 is 4.79 Å². The number of nitrogens with zero attached hydrogens (tertiary/aromatic N) is 4. The molecule has 2 aliphatic rings. The van der Waals surface area contributed by atoms with Gasteiger partial charge in [-0.1, -0.05) is 74.6 Å². The number of piperidine rings is 1. The first-order valence-electron chi connectivity index (χ1n) is 12.6. The van der Waals surface area contributed by atoms with Crippen LogP contribution < -0.4 is 10.5 Å². The Labute approximate surface area is 222 Å². The number of rotatable bonds is 7. The number of unbranched alkanes of at least 4 members (excludes halogenated alkanes) is 1. The number of pyridine rings is 1. The van der Waals surface area contributed by atoms with Crippen LogP contribution in [0.5, 0.6) is 0 Å². The van der Waals surface area contributed by atoms with E-state index >= 15 is 0 Å². The zero-order valence-electron chi connectivity index (χ0n) is 21.1. The van der Waals surface area contributed by atoms with Gasteiger partial charge in [-0.25, -0.2) is 0 Å². The molecule has 0 aliphatic carbocycles. The molecule has 1 aromatic carbocycles. The SMILES string of the molecule is CCCCn1c(N2CCCC(C)C2)c(/C=C2/SC(=S)N(Cc3ccccc3)C2=O)c(C)c(C#N)c1=O. The molecule has 0 radical (unpaired) electrons. The van der Waals surface area contributed by atoms with Crippen molar-refractivity contribution in [1.29, 1.82) is 5.26 Å². The highest BCUT2D eigenvalue weighted by atomic mass is 32.2. The van der Waals surface area contributed by atoms with Crippen molar-refractivity contribution in [2.45, 2.75) is 59.5 Å². The van der Waals surface area contributed by atoms with E-state index in [1.54, 1.807) is 9.47 Å². The summed E-state index contributed by atoms with van der Waals surface area (Å²) in [5.41, 5.74) is 2.30. The Hall–Kier alpha value is -2.89. The summed E-state index contributed by atoms with van der Waals surface area (Å²) in [5, 5.41) is 9.88. The van der Waals surface area contributed by atoms with Crippen LogP contribution in [0.25, 0.3) is 6.08 Å². The molecule has 36 heavy (non-hydrogen) atoms. The molecule has 4 rings (SSSR count). The zero-order valence-corrected chi connectivity index (χ0v) is 22.8. The van der Waals surface area contributed by atoms with E-state index < -0.39 is 0 Å². The Kier molecular flexibility index (Phi) is 8.32. The van der Waals surface area contributed by atoms with Crippen molar-refractivity contribution in [3.63, 3.8) is 0 Å². The highest BCUT2D eigenvalue weighted by Gasteiger charge is 2.33. The van der Waals surface area contributed by atoms with Gasteiger partial charge in [0, 0.05) is 25.2 Å². The van der Waals surface area contributed by atoms with E-state index in [0.29, 0.717) is 33.8 Å². The van der Waals surface area contributed by atoms with Gasteiger partial charge in [-0.3, -0.25) is 19.1 Å². The molecule has 2 aromatic rings. The monoisotopic (exact) mass is 520 g/mol. The second-order valence-electron chi connectivity index (χ2n) is 9.61. The summed E-state index contributed by atoms with van der Waals surface area (Å²) in [4.78, 5) is 31.3. The summed E-state index contributed by atoms with van der Waals surface area (Å²) >= 11 is 6.86. The number of benzene rings is 1. The van der Waals surface area contributed by atoms with Crippen molar-refractivity contribution in [2.75, 3.05) is 18.0 Å². The van der Waals surface area contributed by atoms with E-state index in [9.17, 15) is 14.9 Å². The first-order chi connectivity index (χ1) is 17.3. The molecule has 1 aromatic heterocycles. The molecule has 0 N–H and O–H groups in total. The molecule has 0 bridgehead atoms. The average molecular weight is 521 g/mol. The van der Waals surface area contributed by atoms with Gasteiger partial charge in [0.25, 0.3) is 11.5 Å². The maximum Gasteiger partial charge on any atom is 0.270 e. The molecule has 3 heterocycles. The molecular formula is C28H32N4O2S2. The number of carbonyl (C=O) groups excluding carboxylic acids is 1. The van der Waals surface area contributed by atoms with Gasteiger partial charge in [0.2, 0.25) is 0 Å². The standard InChI is InChI=1S/C28H32N4O2S2/c1-4-5-14-31-25(30-13-9-10-19(2)17-30)22(20(3)23(16-29)26(31)33)15-24-27(34)32(28(35)36-24)18-21-11-7-6-8-12-21/h6-8,11-12,15,19H,4-5,9-10,13-14,17-18H2,1-3H3/b24-15+. The molecule has 1 amide bonds. The molecule has 2 saturated heterocycles. The zero-order chi connectivity index (χ0) is 25.8. The quantitative estimate of drug-likeness (QED) is 0.356.